The van der Waals surface area contributed by atoms with Crippen LogP contribution in [0.15, 0.2) is 60.7 Å². The third-order valence-corrected chi connectivity index (χ3v) is 6.73. The van der Waals surface area contributed by atoms with Crippen LogP contribution >= 0.6 is 0 Å². The van der Waals surface area contributed by atoms with Crippen LogP contribution in [0.1, 0.15) is 37.3 Å². The molecule has 186 valence electrons. The first-order valence-corrected chi connectivity index (χ1v) is 12.5. The number of fused-ring (bicyclic) bond motifs is 1. The van der Waals surface area contributed by atoms with Gasteiger partial charge in [0.15, 0.2) is 0 Å². The second-order valence-electron chi connectivity index (χ2n) is 9.26. The van der Waals surface area contributed by atoms with Crippen LogP contribution in [0.2, 0.25) is 0 Å². The Bertz CT molecular complexity index is 1020. The summed E-state index contributed by atoms with van der Waals surface area (Å²) in [6.07, 6.45) is 2.53. The average molecular weight is 478 g/mol. The van der Waals surface area contributed by atoms with Gasteiger partial charge in [0.2, 0.25) is 11.8 Å². The van der Waals surface area contributed by atoms with Crippen molar-refractivity contribution in [2.24, 2.45) is 0 Å². The number of nitrogens with one attached hydrogen (secondary N) is 1. The van der Waals surface area contributed by atoms with Crippen molar-refractivity contribution in [3.63, 3.8) is 0 Å². The number of hydrogen-bond acceptors (Lipinski definition) is 4. The first-order valence-electron chi connectivity index (χ1n) is 12.5. The largest absolute Gasteiger partial charge is 0.337 e. The fraction of sp³-hybridized carbons (Fsp3) is 0.444. The molecule has 8 heteroatoms. The highest BCUT2D eigenvalue weighted by atomic mass is 16.2. The molecule has 1 N–H and O–H groups in total. The molecule has 2 atom stereocenters. The van der Waals surface area contributed by atoms with E-state index < -0.39 is 12.2 Å². The number of piperazine rings is 1. The summed E-state index contributed by atoms with van der Waals surface area (Å²) in [6.45, 7) is 3.37. The number of urea groups is 1. The highest BCUT2D eigenvalue weighted by molar-refractivity contribution is 5.91. The number of aryl methyl sites for hydroxylation is 1. The lowest BCUT2D eigenvalue weighted by molar-refractivity contribution is -0.187. The van der Waals surface area contributed by atoms with E-state index in [9.17, 15) is 14.4 Å². The minimum absolute atomic E-state index is 0.0151. The van der Waals surface area contributed by atoms with Crippen molar-refractivity contribution in [1.29, 1.82) is 0 Å². The summed E-state index contributed by atoms with van der Waals surface area (Å²) in [5.41, 5.74) is 2.23. The van der Waals surface area contributed by atoms with Gasteiger partial charge >= 0.3 is 6.03 Å². The van der Waals surface area contributed by atoms with E-state index in [1.54, 1.807) is 22.0 Å². The Hall–Kier alpha value is -3.39. The van der Waals surface area contributed by atoms with E-state index in [1.165, 1.54) is 5.56 Å². The summed E-state index contributed by atoms with van der Waals surface area (Å²) in [5.74, 6) is -0.126. The Kier molecular flexibility index (Phi) is 8.02. The number of nitrogens with zero attached hydrogens (tertiary/aromatic N) is 4. The molecule has 2 saturated heterocycles. The maximum Gasteiger partial charge on any atom is 0.334 e. The fourth-order valence-corrected chi connectivity index (χ4v) is 5.03. The first-order chi connectivity index (χ1) is 17.0. The van der Waals surface area contributed by atoms with Crippen molar-refractivity contribution in [3.05, 3.63) is 71.8 Å². The monoisotopic (exact) mass is 477 g/mol. The molecule has 2 aromatic rings. The molecule has 0 aliphatic carbocycles. The van der Waals surface area contributed by atoms with Gasteiger partial charge in [-0.1, -0.05) is 74.0 Å². The number of amides is 4. The van der Waals surface area contributed by atoms with Crippen molar-refractivity contribution in [3.8, 4) is 0 Å². The third-order valence-electron chi connectivity index (χ3n) is 6.73. The number of benzene rings is 2. The summed E-state index contributed by atoms with van der Waals surface area (Å²) in [6, 6.07) is 19.1. The van der Waals surface area contributed by atoms with Crippen LogP contribution in [0.4, 0.5) is 4.79 Å². The van der Waals surface area contributed by atoms with Crippen LogP contribution in [0.25, 0.3) is 0 Å². The number of likely N-dealkylation sites (N-methyl/N-ethyl adjacent to an activating group) is 1. The number of carbonyl (C=O) groups excluding carboxylic acids is 3. The van der Waals surface area contributed by atoms with E-state index in [0.29, 0.717) is 26.1 Å². The van der Waals surface area contributed by atoms with Gasteiger partial charge in [0, 0.05) is 20.1 Å². The number of hydrazine groups is 1. The van der Waals surface area contributed by atoms with E-state index in [2.05, 4.69) is 17.4 Å². The first kappa shape index (κ1) is 24.7. The summed E-state index contributed by atoms with van der Waals surface area (Å²) in [4.78, 5) is 43.3. The topological polar surface area (TPSA) is 76.2 Å². The maximum absolute atomic E-state index is 13.4. The smallest absolute Gasteiger partial charge is 0.334 e. The van der Waals surface area contributed by atoms with Gasteiger partial charge in [0.05, 0.1) is 13.1 Å². The molecular weight excluding hydrogens is 442 g/mol. The summed E-state index contributed by atoms with van der Waals surface area (Å²) < 4.78 is 0. The number of carbonyl (C=O) groups is 3. The Balaban J connectivity index is 1.50. The average Bonchev–Trinajstić information content (AvgIpc) is 2.86. The van der Waals surface area contributed by atoms with Crippen molar-refractivity contribution in [2.45, 2.75) is 51.4 Å². The zero-order chi connectivity index (χ0) is 24.8. The van der Waals surface area contributed by atoms with Gasteiger partial charge in [-0.05, 0) is 30.4 Å². The molecule has 35 heavy (non-hydrogen) atoms. The van der Waals surface area contributed by atoms with Crippen molar-refractivity contribution < 1.29 is 14.4 Å². The standard InChI is InChI=1S/C27H35N5O3/c1-3-11-23-26(34)30(17-10-16-21-12-6-4-7-13-21)19-24-31(23)25(33)20-29(2)32(24)27(35)28-18-22-14-8-5-9-15-22/h4-9,12-15,23-24H,3,10-11,16-20H2,1-2H3,(H,28,35)/t23-,24-/m0/s1. The SMILES string of the molecule is CCC[C@H]1C(=O)N(CCCc2ccccc2)C[C@H]2N1C(=O)CN(C)N2C(=O)NCc1ccccc1. The predicted molar refractivity (Wildman–Crippen MR) is 134 cm³/mol. The Morgan fingerprint density at radius 2 is 1.66 bits per heavy atom. The summed E-state index contributed by atoms with van der Waals surface area (Å²) in [7, 11) is 1.75. The van der Waals surface area contributed by atoms with Gasteiger partial charge in [-0.15, -0.1) is 0 Å². The van der Waals surface area contributed by atoms with E-state index in [1.807, 2.05) is 60.4 Å². The zero-order valence-electron chi connectivity index (χ0n) is 20.6. The molecule has 2 aromatic carbocycles. The zero-order valence-corrected chi connectivity index (χ0v) is 20.6. The Labute approximate surface area is 207 Å². The molecule has 2 aliphatic heterocycles. The lowest BCUT2D eigenvalue weighted by Crippen LogP contribution is -2.75. The fourth-order valence-electron chi connectivity index (χ4n) is 5.03. The quantitative estimate of drug-likeness (QED) is 0.634. The molecule has 4 rings (SSSR count). The third kappa shape index (κ3) is 5.65. The van der Waals surface area contributed by atoms with E-state index in [4.69, 9.17) is 0 Å². The number of rotatable bonds is 8. The second kappa shape index (κ2) is 11.4. The van der Waals surface area contributed by atoms with Crippen LogP contribution in [-0.2, 0) is 22.6 Å². The molecule has 2 fully saturated rings. The second-order valence-corrected chi connectivity index (χ2v) is 9.26. The van der Waals surface area contributed by atoms with Crippen LogP contribution in [0.5, 0.6) is 0 Å². The molecular formula is C27H35N5O3. The number of hydrogen-bond donors (Lipinski definition) is 1. The van der Waals surface area contributed by atoms with Crippen LogP contribution in [-0.4, -0.2) is 76.6 Å². The highest BCUT2D eigenvalue weighted by Gasteiger charge is 2.50. The molecule has 8 nitrogen and oxygen atoms in total. The molecule has 2 heterocycles. The molecule has 0 aromatic heterocycles. The molecule has 0 saturated carbocycles. The van der Waals surface area contributed by atoms with Crippen LogP contribution in [0.3, 0.4) is 0 Å². The van der Waals surface area contributed by atoms with E-state index in [-0.39, 0.29) is 24.4 Å². The van der Waals surface area contributed by atoms with Gasteiger partial charge in [-0.3, -0.25) is 9.59 Å². The molecule has 0 bridgehead atoms. The van der Waals surface area contributed by atoms with Gasteiger partial charge in [0.25, 0.3) is 0 Å². The van der Waals surface area contributed by atoms with Crippen molar-refractivity contribution >= 4 is 17.8 Å². The Morgan fingerprint density at radius 1 is 1.00 bits per heavy atom. The Morgan fingerprint density at radius 3 is 2.31 bits per heavy atom. The lowest BCUT2D eigenvalue weighted by atomic mass is 10.0. The van der Waals surface area contributed by atoms with E-state index in [0.717, 1.165) is 24.8 Å². The molecule has 2 aliphatic rings. The summed E-state index contributed by atoms with van der Waals surface area (Å²) in [5, 5.41) is 6.27. The summed E-state index contributed by atoms with van der Waals surface area (Å²) >= 11 is 0. The molecule has 4 amide bonds. The molecule has 0 unspecified atom stereocenters. The van der Waals surface area contributed by atoms with Crippen LogP contribution < -0.4 is 5.32 Å². The molecule has 0 spiro atoms. The predicted octanol–water partition coefficient (Wildman–Crippen LogP) is 2.86. The normalized spacial score (nSPS) is 20.7. The highest BCUT2D eigenvalue weighted by Crippen LogP contribution is 2.28. The minimum atomic E-state index is -0.541. The van der Waals surface area contributed by atoms with Crippen molar-refractivity contribution in [2.75, 3.05) is 26.7 Å². The van der Waals surface area contributed by atoms with Crippen molar-refractivity contribution in [1.82, 2.24) is 25.1 Å². The molecule has 0 radical (unpaired) electrons. The minimum Gasteiger partial charge on any atom is -0.337 e. The van der Waals surface area contributed by atoms with Gasteiger partial charge < -0.3 is 15.1 Å². The van der Waals surface area contributed by atoms with E-state index >= 15 is 0 Å². The lowest BCUT2D eigenvalue weighted by Gasteiger charge is -2.54. The van der Waals surface area contributed by atoms with Gasteiger partial charge in [0.1, 0.15) is 12.2 Å². The maximum atomic E-state index is 13.4. The van der Waals surface area contributed by atoms with Gasteiger partial charge in [-0.25, -0.2) is 14.8 Å². The van der Waals surface area contributed by atoms with Gasteiger partial charge in [-0.2, -0.15) is 0 Å². The van der Waals surface area contributed by atoms with Crippen LogP contribution in [0, 0.1) is 0 Å².